The first-order valence-corrected chi connectivity index (χ1v) is 49.8. The van der Waals surface area contributed by atoms with Gasteiger partial charge in [-0.1, -0.05) is 106 Å². The average molecular weight is 2000 g/mol. The lowest BCUT2D eigenvalue weighted by atomic mass is 9.92. The maximum Gasteiger partial charge on any atom is 0.230 e. The molecule has 5 aliphatic carbocycles. The summed E-state index contributed by atoms with van der Waals surface area (Å²) >= 11 is 0. The molecule has 15 aromatic rings. The molecular formula is C114H122F3N23O8. The van der Waals surface area contributed by atoms with Gasteiger partial charge in [-0.2, -0.15) is 5.26 Å². The van der Waals surface area contributed by atoms with Crippen molar-refractivity contribution in [3.63, 3.8) is 0 Å². The molecule has 0 spiro atoms. The fraction of sp³-hybridized carbons (Fsp3) is 0.377. The average Bonchev–Trinajstić information content (AvgIpc) is 1.60. The number of carbonyl (C=O) groups is 6. The third-order valence-electron chi connectivity index (χ3n) is 27.0. The lowest BCUT2D eigenvalue weighted by Gasteiger charge is -2.29. The summed E-state index contributed by atoms with van der Waals surface area (Å²) in [6.07, 6.45) is 13.8. The molecular weight excluding hydrogens is 1880 g/mol. The second-order valence-corrected chi connectivity index (χ2v) is 43.1. The number of carbonyl (C=O) groups excluding carboxylic acids is 6. The van der Waals surface area contributed by atoms with Crippen LogP contribution in [0.5, 0.6) is 0 Å². The fourth-order valence-corrected chi connectivity index (χ4v) is 17.9. The predicted octanol–water partition coefficient (Wildman–Crippen LogP) is 25.7. The molecule has 0 radical (unpaired) electrons. The van der Waals surface area contributed by atoms with Crippen LogP contribution in [0.25, 0.3) is 103 Å². The number of aryl methyl sites for hydroxylation is 1. The number of rotatable bonds is 22. The molecule has 5 fully saturated rings. The molecule has 8 N–H and O–H groups in total. The van der Waals surface area contributed by atoms with E-state index in [0.29, 0.717) is 145 Å². The van der Waals surface area contributed by atoms with E-state index >= 15 is 0 Å². The summed E-state index contributed by atoms with van der Waals surface area (Å²) in [6, 6.07) is 53.5. The normalized spacial score (nSPS) is 15.3. The number of hydrogen-bond donors (Lipinski definition) is 8. The number of nitrogens with zero attached hydrogens (tertiary/aromatic N) is 17. The lowest BCUT2D eigenvalue weighted by Crippen LogP contribution is -2.33. The third kappa shape index (κ3) is 25.6. The van der Waals surface area contributed by atoms with Crippen LogP contribution in [0.2, 0.25) is 0 Å². The largest absolute Gasteiger partial charge is 0.390 e. The summed E-state index contributed by atoms with van der Waals surface area (Å²) in [5.74, 6) is 1.16. The van der Waals surface area contributed by atoms with Crippen molar-refractivity contribution in [1.29, 1.82) is 5.26 Å². The van der Waals surface area contributed by atoms with Gasteiger partial charge in [0.1, 0.15) is 17.5 Å². The number of anilines is 6. The van der Waals surface area contributed by atoms with Crippen LogP contribution >= 0.6 is 0 Å². The Balaban J connectivity index is 0.000000133. The molecule has 762 valence electrons. The summed E-state index contributed by atoms with van der Waals surface area (Å²) in [4.78, 5) is 115. The van der Waals surface area contributed by atoms with Gasteiger partial charge >= 0.3 is 0 Å². The molecule has 148 heavy (non-hydrogen) atoms. The number of aliphatic hydroxyl groups is 2. The van der Waals surface area contributed by atoms with Gasteiger partial charge in [0.15, 0.2) is 22.7 Å². The predicted molar refractivity (Wildman–Crippen MR) is 570 cm³/mol. The van der Waals surface area contributed by atoms with E-state index in [2.05, 4.69) is 145 Å². The SMILES string of the molecule is CC(O)(CC(=O)Nc1nc2ccc(C#N)cc2n1C1CCC1)C1CC1.Cc1ccc2nc(NC(=O)CC(C)(C)C)n(C3CCC3)c2c1.[C-]#[N+]c1ccc2nc(NC(=O)C3CC3(C)C)n(-c3ccc(F)cc3)c2c1.[C-]#[N+]c1ccc2nc(NC(=O)CC(C)(C)C)n(-c3ccc(F)cc3)c2c1.[C-]#[N+]c1ccc2nc(NC(=O)CC(C)(C)O)n(C3CCC3)c2c1.[C-]#[N+]c1ccc2nc(NC(=O)[C@@H](C)C(C)C)n(-c3ccc(F)cc3)c2c1. The standard InChI is InChI=1S/C20H17FN4O.2C20H19FN4O.C19H22N4O2.C18H25N3O.C17H20N4O2/c1-20(2)11-15(20)18(26)24-19-23-16-9-6-13(22-3)10-17(16)25(19)14-7-4-12(21)5-8-14;1-20(2,3)12-18(26)24-19-23-16-10-7-14(22-4)11-17(16)25(19)15-8-5-13(21)6-9-15;1-12(2)13(3)19(26)24-20-23-17-10-7-15(22-4)11-18(17)25(20)16-8-5-14(21)6-9-16;1-19(25,13-6-7-13)10-17(24)22-18-21-15-8-5-12(11-20)9-16(15)23(18)14-3-2-4-14;1-12-8-9-14-15(10-12)21(13-6-5-7-13)17(19-14)20-16(22)11-18(2,3)4;1-17(2,23)10-15(22)20-16-19-13-8-7-11(18-3)9-14(13)21(16)12-5-4-6-12/h4-10,15H,11H2,1-2H3,(H,23,24,26);5-11H,12H2,1-3H3,(H,23,24,26);5-13H,1-3H3,(H,23,24,26);5,8-9,13-14,25H,2-4,6-7,10H2,1H3,(H,21,22,24);8-10,13H,5-7,11H2,1-4H3,(H,19,20,22);7-9,12,23H,4-6,10H2,1-2H3,(H,19,20,22)/t;;13-;;;/m..0.../s1. The first-order chi connectivity index (χ1) is 70.2. The zero-order valence-corrected chi connectivity index (χ0v) is 85.8. The Kier molecular flexibility index (Phi) is 31.5. The highest BCUT2D eigenvalue weighted by atomic mass is 19.1. The molecule has 6 amide bonds. The van der Waals surface area contributed by atoms with Crippen molar-refractivity contribution in [3.05, 3.63) is 256 Å². The van der Waals surface area contributed by atoms with Crippen LogP contribution in [-0.2, 0) is 28.8 Å². The summed E-state index contributed by atoms with van der Waals surface area (Å²) in [5.41, 5.74) is 13.0. The van der Waals surface area contributed by atoms with Crippen molar-refractivity contribution in [2.45, 2.75) is 236 Å². The van der Waals surface area contributed by atoms with Crippen molar-refractivity contribution in [1.82, 2.24) is 57.3 Å². The first kappa shape index (κ1) is 106. The lowest BCUT2D eigenvalue weighted by molar-refractivity contribution is -0.122. The minimum atomic E-state index is -1.06. The van der Waals surface area contributed by atoms with E-state index in [-0.39, 0.29) is 106 Å². The van der Waals surface area contributed by atoms with Crippen LogP contribution in [0, 0.1) is 102 Å². The molecule has 2 unspecified atom stereocenters. The minimum absolute atomic E-state index is 0.00801. The van der Waals surface area contributed by atoms with Crippen LogP contribution < -0.4 is 31.9 Å². The van der Waals surface area contributed by atoms with Crippen LogP contribution in [-0.4, -0.2) is 114 Å². The molecule has 6 aromatic heterocycles. The third-order valence-corrected chi connectivity index (χ3v) is 27.0. The summed E-state index contributed by atoms with van der Waals surface area (Å²) < 4.78 is 51.5. The van der Waals surface area contributed by atoms with Crippen LogP contribution in [0.3, 0.4) is 0 Å². The Labute approximate surface area is 857 Å². The zero-order chi connectivity index (χ0) is 106. The highest BCUT2D eigenvalue weighted by Gasteiger charge is 2.51. The Morgan fingerprint density at radius 1 is 0.412 bits per heavy atom. The molecule has 0 aliphatic heterocycles. The monoisotopic (exact) mass is 2000 g/mol. The topological polar surface area (TPSA) is 363 Å². The summed E-state index contributed by atoms with van der Waals surface area (Å²) in [7, 11) is 0. The van der Waals surface area contributed by atoms with E-state index < -0.39 is 11.2 Å². The zero-order valence-electron chi connectivity index (χ0n) is 85.8. The summed E-state index contributed by atoms with van der Waals surface area (Å²) in [5, 5.41) is 46.8. The molecule has 9 aromatic carbocycles. The van der Waals surface area contributed by atoms with E-state index in [9.17, 15) is 52.2 Å². The van der Waals surface area contributed by atoms with Gasteiger partial charge in [0, 0.05) is 59.9 Å². The Hall–Kier alpha value is -16.2. The number of benzene rings is 9. The number of aromatic nitrogens is 12. The number of fused-ring (bicyclic) bond motifs is 6. The van der Waals surface area contributed by atoms with Crippen molar-refractivity contribution in [2.24, 2.45) is 39.9 Å². The molecule has 0 saturated heterocycles. The van der Waals surface area contributed by atoms with Gasteiger partial charge in [0.2, 0.25) is 71.1 Å². The number of amides is 6. The molecule has 3 atom stereocenters. The second kappa shape index (κ2) is 44.0. The van der Waals surface area contributed by atoms with Gasteiger partial charge < -0.3 is 23.9 Å². The first-order valence-electron chi connectivity index (χ1n) is 49.8. The Morgan fingerprint density at radius 2 is 0.716 bits per heavy atom. The van der Waals surface area contributed by atoms with E-state index in [1.54, 1.807) is 138 Å². The Bertz CT molecular complexity index is 7630. The smallest absolute Gasteiger partial charge is 0.230 e. The molecule has 34 heteroatoms. The van der Waals surface area contributed by atoms with Gasteiger partial charge in [0.05, 0.1) is 128 Å². The van der Waals surface area contributed by atoms with E-state index in [4.69, 9.17) is 31.6 Å². The van der Waals surface area contributed by atoms with Crippen molar-refractivity contribution < 1.29 is 52.2 Å². The molecule has 5 saturated carbocycles. The van der Waals surface area contributed by atoms with Crippen molar-refractivity contribution in [2.75, 3.05) is 31.9 Å². The van der Waals surface area contributed by atoms with E-state index in [0.717, 1.165) is 90.9 Å². The van der Waals surface area contributed by atoms with E-state index in [1.807, 2.05) is 81.0 Å². The molecule has 20 rings (SSSR count). The van der Waals surface area contributed by atoms with Crippen molar-refractivity contribution in [3.8, 4) is 23.1 Å². The van der Waals surface area contributed by atoms with Gasteiger partial charge in [-0.15, -0.1) is 0 Å². The highest BCUT2D eigenvalue weighted by molar-refractivity contribution is 6.00. The van der Waals surface area contributed by atoms with Crippen LogP contribution in [0.1, 0.15) is 229 Å². The molecule has 5 aliphatic rings. The van der Waals surface area contributed by atoms with Gasteiger partial charge in [0.25, 0.3) is 0 Å². The van der Waals surface area contributed by atoms with Crippen LogP contribution in [0.4, 0.5) is 71.6 Å². The molecule has 31 nitrogen and oxygen atoms in total. The Morgan fingerprint density at radius 3 is 1.04 bits per heavy atom. The van der Waals surface area contributed by atoms with Gasteiger partial charge in [-0.25, -0.2) is 62.5 Å². The molecule has 6 heterocycles. The number of imidazole rings is 6. The van der Waals surface area contributed by atoms with Gasteiger partial charge in [-0.3, -0.25) is 74.4 Å². The number of nitrogens with one attached hydrogen (secondary N) is 6. The maximum atomic E-state index is 13.3. The van der Waals surface area contributed by atoms with Gasteiger partial charge in [-0.05, 0) is 290 Å². The minimum Gasteiger partial charge on any atom is -0.390 e. The van der Waals surface area contributed by atoms with E-state index in [1.165, 1.54) is 61.2 Å². The second-order valence-electron chi connectivity index (χ2n) is 43.1. The van der Waals surface area contributed by atoms with Crippen LogP contribution in [0.15, 0.2) is 182 Å². The number of halogens is 3. The number of nitriles is 1. The fourth-order valence-electron chi connectivity index (χ4n) is 17.9. The quantitative estimate of drug-likeness (QED) is 0.0292. The highest BCUT2D eigenvalue weighted by Crippen LogP contribution is 2.53. The molecule has 0 bridgehead atoms. The maximum absolute atomic E-state index is 13.3. The van der Waals surface area contributed by atoms with Crippen molar-refractivity contribution >= 4 is 160 Å². The summed E-state index contributed by atoms with van der Waals surface area (Å²) in [6.45, 7) is 58.0. The number of hydrogen-bond acceptors (Lipinski definition) is 15.